The maximum absolute atomic E-state index is 12.7. The van der Waals surface area contributed by atoms with Crippen LogP contribution in [0.4, 0.5) is 5.69 Å². The van der Waals surface area contributed by atoms with Crippen LogP contribution in [0.3, 0.4) is 0 Å². The summed E-state index contributed by atoms with van der Waals surface area (Å²) in [6, 6.07) is 9.02. The van der Waals surface area contributed by atoms with Gasteiger partial charge in [-0.1, -0.05) is 12.1 Å². The Labute approximate surface area is 136 Å². The van der Waals surface area contributed by atoms with Gasteiger partial charge in [-0.3, -0.25) is 8.97 Å². The Morgan fingerprint density at radius 2 is 2.08 bits per heavy atom. The predicted octanol–water partition coefficient (Wildman–Crippen LogP) is 0.609. The maximum atomic E-state index is 12.7. The van der Waals surface area contributed by atoms with Crippen LogP contribution in [0.5, 0.6) is 0 Å². The monoisotopic (exact) mass is 328 g/mol. The van der Waals surface area contributed by atoms with E-state index < -0.39 is 12.5 Å². The van der Waals surface area contributed by atoms with Crippen molar-refractivity contribution in [3.05, 3.63) is 53.2 Å². The number of hydrogen-bond donors (Lipinski definition) is 2. The molecule has 24 heavy (non-hydrogen) atoms. The Morgan fingerprint density at radius 3 is 2.79 bits per heavy atom. The molecule has 2 aromatic heterocycles. The van der Waals surface area contributed by atoms with E-state index >= 15 is 0 Å². The topological polar surface area (TPSA) is 104 Å². The number of aromatic nitrogens is 3. The molecule has 3 N–H and O–H groups in total. The summed E-state index contributed by atoms with van der Waals surface area (Å²) in [6.07, 6.45) is 2.02. The molecule has 0 amide bonds. The van der Waals surface area contributed by atoms with Crippen LogP contribution in [0.1, 0.15) is 6.23 Å². The van der Waals surface area contributed by atoms with Gasteiger partial charge < -0.3 is 20.3 Å². The molecule has 1 aromatic carbocycles. The summed E-state index contributed by atoms with van der Waals surface area (Å²) >= 11 is 0. The molecular formula is C16H16N4O4. The first-order chi connectivity index (χ1) is 11.7. The van der Waals surface area contributed by atoms with Crippen molar-refractivity contribution >= 4 is 11.3 Å². The van der Waals surface area contributed by atoms with E-state index in [1.165, 1.54) is 8.97 Å². The molecule has 1 aliphatic rings. The zero-order chi connectivity index (χ0) is 16.7. The third kappa shape index (κ3) is 2.46. The van der Waals surface area contributed by atoms with Gasteiger partial charge in [0.2, 0.25) is 0 Å². The first kappa shape index (κ1) is 14.9. The number of fused-ring (bicyclic) bond motifs is 1. The molecule has 1 saturated heterocycles. The third-order valence-electron chi connectivity index (χ3n) is 3.94. The van der Waals surface area contributed by atoms with Crippen LogP contribution in [-0.4, -0.2) is 38.6 Å². The summed E-state index contributed by atoms with van der Waals surface area (Å²) in [7, 11) is 0. The molecule has 0 bridgehead atoms. The first-order valence-corrected chi connectivity index (χ1v) is 7.50. The van der Waals surface area contributed by atoms with Crippen molar-refractivity contribution in [2.75, 3.05) is 18.9 Å². The Balaban J connectivity index is 1.74. The van der Waals surface area contributed by atoms with E-state index in [2.05, 4.69) is 4.98 Å². The van der Waals surface area contributed by atoms with Gasteiger partial charge in [0.1, 0.15) is 5.65 Å². The average molecular weight is 328 g/mol. The van der Waals surface area contributed by atoms with Crippen LogP contribution in [0, 0.1) is 0 Å². The first-order valence-electron chi connectivity index (χ1n) is 7.50. The molecule has 0 spiro atoms. The van der Waals surface area contributed by atoms with E-state index in [9.17, 15) is 4.79 Å². The molecule has 1 aliphatic heterocycles. The Morgan fingerprint density at radius 1 is 1.29 bits per heavy atom. The van der Waals surface area contributed by atoms with E-state index in [-0.39, 0.29) is 18.9 Å². The molecular weight excluding hydrogens is 312 g/mol. The highest BCUT2D eigenvalue weighted by atomic mass is 16.7. The van der Waals surface area contributed by atoms with Gasteiger partial charge in [-0.2, -0.15) is 0 Å². The largest absolute Gasteiger partial charge is 0.399 e. The zero-order valence-electron chi connectivity index (χ0n) is 12.7. The molecule has 0 radical (unpaired) electrons. The minimum Gasteiger partial charge on any atom is -0.399 e. The second kappa shape index (κ2) is 5.75. The summed E-state index contributed by atoms with van der Waals surface area (Å²) in [5.74, 6) is 0. The highest BCUT2D eigenvalue weighted by molar-refractivity contribution is 5.64. The molecule has 4 rings (SSSR count). The van der Waals surface area contributed by atoms with Gasteiger partial charge in [-0.15, -0.1) is 0 Å². The van der Waals surface area contributed by atoms with Crippen LogP contribution in [0.25, 0.3) is 16.9 Å². The summed E-state index contributed by atoms with van der Waals surface area (Å²) in [5, 5.41) is 9.06. The average Bonchev–Trinajstić information content (AvgIpc) is 3.23. The van der Waals surface area contributed by atoms with Gasteiger partial charge in [-0.05, 0) is 18.2 Å². The number of aliphatic hydroxyl groups is 1. The van der Waals surface area contributed by atoms with E-state index in [4.69, 9.17) is 20.3 Å². The van der Waals surface area contributed by atoms with Crippen molar-refractivity contribution in [2.24, 2.45) is 0 Å². The number of hydrogen-bond acceptors (Lipinski definition) is 6. The van der Waals surface area contributed by atoms with E-state index in [1.807, 2.05) is 12.1 Å². The minimum atomic E-state index is -0.703. The van der Waals surface area contributed by atoms with Gasteiger partial charge in [0.05, 0.1) is 18.9 Å². The van der Waals surface area contributed by atoms with Crippen molar-refractivity contribution in [3.8, 4) is 11.3 Å². The second-order valence-corrected chi connectivity index (χ2v) is 5.52. The molecule has 0 unspecified atom stereocenters. The van der Waals surface area contributed by atoms with Crippen molar-refractivity contribution in [3.63, 3.8) is 0 Å². The SMILES string of the molecule is Nc1ccc(-c2cn3c(=O)n([C@@H]4CO[C@H](CO)O4)ccc3n2)cc1. The zero-order valence-corrected chi connectivity index (χ0v) is 12.7. The maximum Gasteiger partial charge on any atom is 0.336 e. The molecule has 1 fully saturated rings. The minimum absolute atomic E-state index is 0.205. The molecule has 124 valence electrons. The van der Waals surface area contributed by atoms with Crippen molar-refractivity contribution < 1.29 is 14.6 Å². The predicted molar refractivity (Wildman–Crippen MR) is 86.2 cm³/mol. The number of rotatable bonds is 3. The van der Waals surface area contributed by atoms with Gasteiger partial charge in [0.15, 0.2) is 12.5 Å². The fourth-order valence-electron chi connectivity index (χ4n) is 2.70. The van der Waals surface area contributed by atoms with Gasteiger partial charge in [0, 0.05) is 23.6 Å². The lowest BCUT2D eigenvalue weighted by molar-refractivity contribution is -0.0993. The van der Waals surface area contributed by atoms with E-state index in [0.717, 1.165) is 5.56 Å². The van der Waals surface area contributed by atoms with Crippen molar-refractivity contribution in [1.82, 2.24) is 14.0 Å². The number of anilines is 1. The Hall–Kier alpha value is -2.68. The molecule has 8 nitrogen and oxygen atoms in total. The number of aliphatic hydroxyl groups excluding tert-OH is 1. The second-order valence-electron chi connectivity index (χ2n) is 5.52. The Kier molecular flexibility index (Phi) is 3.57. The molecule has 3 heterocycles. The van der Waals surface area contributed by atoms with Crippen LogP contribution >= 0.6 is 0 Å². The van der Waals surface area contributed by atoms with E-state index in [0.29, 0.717) is 17.0 Å². The number of imidazole rings is 1. The van der Waals surface area contributed by atoms with Crippen LogP contribution in [0.2, 0.25) is 0 Å². The normalized spacial score (nSPS) is 20.7. The molecule has 3 aromatic rings. The summed E-state index contributed by atoms with van der Waals surface area (Å²) in [4.78, 5) is 17.1. The van der Waals surface area contributed by atoms with Crippen LogP contribution in [0.15, 0.2) is 47.5 Å². The van der Waals surface area contributed by atoms with Gasteiger partial charge in [-0.25, -0.2) is 9.78 Å². The van der Waals surface area contributed by atoms with Crippen molar-refractivity contribution in [2.45, 2.75) is 12.5 Å². The van der Waals surface area contributed by atoms with E-state index in [1.54, 1.807) is 30.6 Å². The number of nitrogen functional groups attached to an aromatic ring is 1. The number of nitrogens with zero attached hydrogens (tertiary/aromatic N) is 3. The number of benzene rings is 1. The number of nitrogens with two attached hydrogens (primary N) is 1. The Bertz CT molecular complexity index is 931. The smallest absolute Gasteiger partial charge is 0.336 e. The third-order valence-corrected chi connectivity index (χ3v) is 3.94. The lowest BCUT2D eigenvalue weighted by Gasteiger charge is -2.12. The standard InChI is InChI=1S/C16H16N4O4/c17-11-3-1-10(2-4-11)12-7-20-13(18-12)5-6-19(16(20)22)14-9-23-15(8-21)24-14/h1-7,14-15,21H,8-9,17H2/t14-,15-/m0/s1. The highest BCUT2D eigenvalue weighted by Gasteiger charge is 2.27. The van der Waals surface area contributed by atoms with Crippen LogP contribution < -0.4 is 11.4 Å². The number of ether oxygens (including phenoxy) is 2. The van der Waals surface area contributed by atoms with Crippen LogP contribution in [-0.2, 0) is 9.47 Å². The lowest BCUT2D eigenvalue weighted by atomic mass is 10.1. The van der Waals surface area contributed by atoms with Crippen molar-refractivity contribution in [1.29, 1.82) is 0 Å². The highest BCUT2D eigenvalue weighted by Crippen LogP contribution is 2.21. The molecule has 0 aliphatic carbocycles. The molecule has 2 atom stereocenters. The van der Waals surface area contributed by atoms with Gasteiger partial charge in [0.25, 0.3) is 0 Å². The summed E-state index contributed by atoms with van der Waals surface area (Å²) in [5.41, 5.74) is 8.18. The fourth-order valence-corrected chi connectivity index (χ4v) is 2.70. The fraction of sp³-hybridized carbons (Fsp3) is 0.250. The lowest BCUT2D eigenvalue weighted by Crippen LogP contribution is -2.30. The quantitative estimate of drug-likeness (QED) is 0.683. The molecule has 0 saturated carbocycles. The summed E-state index contributed by atoms with van der Waals surface area (Å²) < 4.78 is 13.6. The summed E-state index contributed by atoms with van der Waals surface area (Å²) in [6.45, 7) is -0.0456. The van der Waals surface area contributed by atoms with Gasteiger partial charge >= 0.3 is 5.69 Å². The molecule has 8 heteroatoms.